The summed E-state index contributed by atoms with van der Waals surface area (Å²) in [6.45, 7) is 0. The Kier molecular flexibility index (Phi) is 5.77. The zero-order chi connectivity index (χ0) is 22.7. The number of rotatable bonds is 7. The van der Waals surface area contributed by atoms with Crippen LogP contribution in [-0.4, -0.2) is 38.0 Å². The van der Waals surface area contributed by atoms with Gasteiger partial charge in [0, 0.05) is 24.1 Å². The summed E-state index contributed by atoms with van der Waals surface area (Å²) in [5.74, 6) is -3.26. The number of fused-ring (bicyclic) bond motifs is 1. The van der Waals surface area contributed by atoms with E-state index in [-0.39, 0.29) is 11.1 Å². The fraction of sp³-hybridized carbons (Fsp3) is 0.100. The molecular weight excluding hydrogens is 410 g/mol. The topological polar surface area (TPSA) is 173 Å². The van der Waals surface area contributed by atoms with Crippen LogP contribution in [-0.2, 0) is 11.2 Å². The van der Waals surface area contributed by atoms with Crippen molar-refractivity contribution >= 4 is 34.0 Å². The van der Waals surface area contributed by atoms with E-state index in [9.17, 15) is 40.0 Å². The number of carboxylic acid groups (broad SMARTS) is 1. The first-order valence-corrected chi connectivity index (χ1v) is 8.84. The minimum Gasteiger partial charge on any atom is -0.497 e. The van der Waals surface area contributed by atoms with Gasteiger partial charge >= 0.3 is 17.3 Å². The number of aliphatic carboxylic acids is 1. The maximum atomic E-state index is 12.6. The van der Waals surface area contributed by atoms with Crippen LogP contribution in [0.1, 0.15) is 15.9 Å². The monoisotopic (exact) mass is 425 g/mol. The Balaban J connectivity index is 1.89. The van der Waals surface area contributed by atoms with Crippen LogP contribution in [0.4, 0.5) is 11.4 Å². The predicted octanol–water partition coefficient (Wildman–Crippen LogP) is 2.79. The Labute approximate surface area is 173 Å². The second-order valence-electron chi connectivity index (χ2n) is 6.63. The Bertz CT molecular complexity index is 1190. The largest absolute Gasteiger partial charge is 0.497 e. The average molecular weight is 425 g/mol. The molecule has 0 spiro atoms. The molecule has 158 valence electrons. The molecule has 3 rings (SSSR count). The van der Waals surface area contributed by atoms with Gasteiger partial charge in [-0.25, -0.2) is 4.79 Å². The van der Waals surface area contributed by atoms with Gasteiger partial charge in [0.05, 0.1) is 9.85 Å². The number of nitro benzene ring substituents is 2. The van der Waals surface area contributed by atoms with Crippen molar-refractivity contribution < 1.29 is 29.6 Å². The molecule has 3 N–H and O–H groups in total. The number of nitrogens with zero attached hydrogens (tertiary/aromatic N) is 2. The molecule has 0 heterocycles. The zero-order valence-electron chi connectivity index (χ0n) is 15.7. The highest BCUT2D eigenvalue weighted by molar-refractivity contribution is 6.00. The minimum absolute atomic E-state index is 0.109. The van der Waals surface area contributed by atoms with Gasteiger partial charge < -0.3 is 15.5 Å². The Hall–Kier alpha value is -4.54. The molecule has 0 aliphatic carbocycles. The summed E-state index contributed by atoms with van der Waals surface area (Å²) in [7, 11) is 0. The van der Waals surface area contributed by atoms with E-state index in [1.807, 2.05) is 12.1 Å². The van der Waals surface area contributed by atoms with E-state index in [1.165, 1.54) is 6.07 Å². The lowest BCUT2D eigenvalue weighted by atomic mass is 10.0. The highest BCUT2D eigenvalue weighted by atomic mass is 16.6. The number of hydrogen-bond donors (Lipinski definition) is 3. The first kappa shape index (κ1) is 21.2. The zero-order valence-corrected chi connectivity index (χ0v) is 15.7. The Morgan fingerprint density at radius 1 is 0.935 bits per heavy atom. The van der Waals surface area contributed by atoms with Crippen molar-refractivity contribution in [3.8, 4) is 5.75 Å². The van der Waals surface area contributed by atoms with Crippen molar-refractivity contribution in [2.24, 2.45) is 0 Å². The number of phenols is 1. The smallest absolute Gasteiger partial charge is 0.326 e. The molecule has 11 heteroatoms. The van der Waals surface area contributed by atoms with Gasteiger partial charge in [-0.2, -0.15) is 0 Å². The second kappa shape index (κ2) is 8.45. The summed E-state index contributed by atoms with van der Waals surface area (Å²) < 4.78 is 0. The van der Waals surface area contributed by atoms with Gasteiger partial charge in [-0.15, -0.1) is 0 Å². The molecule has 0 saturated carbocycles. The third kappa shape index (κ3) is 4.56. The number of carboxylic acids is 1. The number of aromatic hydroxyl groups is 1. The van der Waals surface area contributed by atoms with Crippen molar-refractivity contribution in [3.05, 3.63) is 86.0 Å². The first-order valence-electron chi connectivity index (χ1n) is 8.84. The molecule has 0 saturated heterocycles. The molecule has 0 aliphatic heterocycles. The van der Waals surface area contributed by atoms with Crippen molar-refractivity contribution in [2.75, 3.05) is 0 Å². The molecular formula is C20H15N3O8. The number of amides is 1. The van der Waals surface area contributed by atoms with Gasteiger partial charge in [-0.3, -0.25) is 25.0 Å². The molecule has 1 amide bonds. The van der Waals surface area contributed by atoms with Crippen LogP contribution in [0.3, 0.4) is 0 Å². The molecule has 0 radical (unpaired) electrons. The first-order chi connectivity index (χ1) is 14.7. The molecule has 0 aliphatic rings. The predicted molar refractivity (Wildman–Crippen MR) is 108 cm³/mol. The van der Waals surface area contributed by atoms with E-state index in [2.05, 4.69) is 5.32 Å². The van der Waals surface area contributed by atoms with Crippen molar-refractivity contribution in [3.63, 3.8) is 0 Å². The van der Waals surface area contributed by atoms with E-state index >= 15 is 0 Å². The van der Waals surface area contributed by atoms with Gasteiger partial charge in [-0.05, 0) is 28.5 Å². The molecule has 1 atom stereocenters. The fourth-order valence-electron chi connectivity index (χ4n) is 3.06. The van der Waals surface area contributed by atoms with E-state index in [4.69, 9.17) is 0 Å². The lowest BCUT2D eigenvalue weighted by molar-refractivity contribution is -0.396. The molecule has 11 nitrogen and oxygen atoms in total. The summed E-state index contributed by atoms with van der Waals surface area (Å²) in [6.07, 6.45) is -0.476. The summed E-state index contributed by atoms with van der Waals surface area (Å²) in [4.78, 5) is 44.3. The highest BCUT2D eigenvalue weighted by Crippen LogP contribution is 2.37. The quantitative estimate of drug-likeness (QED) is 0.383. The molecule has 3 aromatic carbocycles. The summed E-state index contributed by atoms with van der Waals surface area (Å²) >= 11 is 0. The van der Waals surface area contributed by atoms with Crippen LogP contribution in [0, 0.1) is 20.2 Å². The third-order valence-electron chi connectivity index (χ3n) is 4.58. The SMILES string of the molecule is O=C(N[C@@H](Cc1cc([N+](=O)[O-])c(O)c([N+](=O)[O-])c1)C(=O)O)c1ccc2ccccc2c1. The van der Waals surface area contributed by atoms with Gasteiger partial charge in [0.1, 0.15) is 6.04 Å². The van der Waals surface area contributed by atoms with E-state index in [1.54, 1.807) is 24.3 Å². The number of carbonyl (C=O) groups excluding carboxylic acids is 1. The Morgan fingerprint density at radius 3 is 2.06 bits per heavy atom. The van der Waals surface area contributed by atoms with E-state index in [0.29, 0.717) is 0 Å². The van der Waals surface area contributed by atoms with Gasteiger partial charge in [0.25, 0.3) is 11.7 Å². The number of phenolic OH excluding ortho intramolecular Hbond substituents is 1. The molecule has 0 aromatic heterocycles. The lowest BCUT2D eigenvalue weighted by Gasteiger charge is -2.15. The Morgan fingerprint density at radius 2 is 1.52 bits per heavy atom. The summed E-state index contributed by atoms with van der Waals surface area (Å²) in [5, 5.41) is 45.3. The fourth-order valence-corrected chi connectivity index (χ4v) is 3.06. The molecule has 0 bridgehead atoms. The number of carbonyl (C=O) groups is 2. The van der Waals surface area contributed by atoms with E-state index in [0.717, 1.165) is 22.9 Å². The number of nitro groups is 2. The van der Waals surface area contributed by atoms with Gasteiger partial charge in [-0.1, -0.05) is 30.3 Å². The third-order valence-corrected chi connectivity index (χ3v) is 4.58. The van der Waals surface area contributed by atoms with Crippen LogP contribution >= 0.6 is 0 Å². The number of benzene rings is 3. The lowest BCUT2D eigenvalue weighted by Crippen LogP contribution is -2.42. The molecule has 31 heavy (non-hydrogen) atoms. The van der Waals surface area contributed by atoms with Crippen molar-refractivity contribution in [2.45, 2.75) is 12.5 Å². The van der Waals surface area contributed by atoms with Crippen LogP contribution in [0.2, 0.25) is 0 Å². The number of hydrogen-bond acceptors (Lipinski definition) is 7. The maximum Gasteiger partial charge on any atom is 0.326 e. The molecule has 3 aromatic rings. The summed E-state index contributed by atoms with van der Waals surface area (Å²) in [5.41, 5.74) is -1.78. The van der Waals surface area contributed by atoms with Crippen LogP contribution in [0.25, 0.3) is 10.8 Å². The van der Waals surface area contributed by atoms with Crippen molar-refractivity contribution in [1.29, 1.82) is 0 Å². The van der Waals surface area contributed by atoms with E-state index < -0.39 is 51.3 Å². The number of nitrogens with one attached hydrogen (secondary N) is 1. The van der Waals surface area contributed by atoms with Crippen molar-refractivity contribution in [1.82, 2.24) is 5.32 Å². The average Bonchev–Trinajstić information content (AvgIpc) is 2.73. The molecule has 0 unspecified atom stereocenters. The van der Waals surface area contributed by atoms with Crippen LogP contribution in [0.15, 0.2) is 54.6 Å². The highest BCUT2D eigenvalue weighted by Gasteiger charge is 2.29. The minimum atomic E-state index is -1.53. The molecule has 0 fully saturated rings. The van der Waals surface area contributed by atoms with Crippen LogP contribution < -0.4 is 5.32 Å². The normalized spacial score (nSPS) is 11.6. The second-order valence-corrected chi connectivity index (χ2v) is 6.63. The summed E-state index contributed by atoms with van der Waals surface area (Å²) in [6, 6.07) is 12.2. The van der Waals surface area contributed by atoms with Crippen LogP contribution in [0.5, 0.6) is 5.75 Å². The van der Waals surface area contributed by atoms with Gasteiger partial charge in [0.15, 0.2) is 0 Å². The maximum absolute atomic E-state index is 12.6. The van der Waals surface area contributed by atoms with Gasteiger partial charge in [0.2, 0.25) is 0 Å². The standard InChI is InChI=1S/C20H15N3O8/c24-18-16(22(28)29)8-11(9-17(18)23(30)31)7-15(20(26)27)21-19(25)14-6-5-12-3-1-2-4-13(12)10-14/h1-6,8-10,15,24H,7H2,(H,21,25)(H,26,27)/t15-/m0/s1.